The van der Waals surface area contributed by atoms with Gasteiger partial charge in [-0.05, 0) is 6.07 Å². The molecule has 2 heterocycles. The SMILES string of the molecule is C=CCNC(=O)Cc1csc(NC(=O)c2ncccn2)n1. The van der Waals surface area contributed by atoms with Crippen LogP contribution >= 0.6 is 11.3 Å². The second kappa shape index (κ2) is 7.25. The minimum absolute atomic E-state index is 0.0676. The molecule has 0 radical (unpaired) electrons. The molecule has 0 aliphatic heterocycles. The van der Waals surface area contributed by atoms with E-state index in [2.05, 4.69) is 32.2 Å². The van der Waals surface area contributed by atoms with Gasteiger partial charge in [-0.1, -0.05) is 6.08 Å². The fourth-order valence-electron chi connectivity index (χ4n) is 1.43. The Morgan fingerprint density at radius 3 is 2.81 bits per heavy atom. The standard InChI is InChI=1S/C13H13N5O2S/c1-2-4-14-10(19)7-9-8-21-13(17-9)18-12(20)11-15-5-3-6-16-11/h2-3,5-6,8H,1,4,7H2,(H,14,19)(H,17,18,20). The van der Waals surface area contributed by atoms with Crippen LogP contribution < -0.4 is 10.6 Å². The number of hydrogen-bond donors (Lipinski definition) is 2. The average Bonchev–Trinajstić information content (AvgIpc) is 2.93. The highest BCUT2D eigenvalue weighted by Crippen LogP contribution is 2.16. The number of anilines is 1. The third kappa shape index (κ3) is 4.46. The van der Waals surface area contributed by atoms with Gasteiger partial charge in [-0.2, -0.15) is 0 Å². The normalized spacial score (nSPS) is 9.90. The Bertz CT molecular complexity index is 641. The second-order valence-electron chi connectivity index (χ2n) is 3.94. The van der Waals surface area contributed by atoms with E-state index in [9.17, 15) is 9.59 Å². The lowest BCUT2D eigenvalue weighted by Gasteiger charge is -2.00. The average molecular weight is 303 g/mol. The van der Waals surface area contributed by atoms with E-state index in [1.807, 2.05) is 0 Å². The summed E-state index contributed by atoms with van der Waals surface area (Å²) in [5, 5.41) is 7.37. The van der Waals surface area contributed by atoms with E-state index in [1.165, 1.54) is 23.7 Å². The molecule has 0 atom stereocenters. The maximum atomic E-state index is 11.8. The fraction of sp³-hybridized carbons (Fsp3) is 0.154. The number of carbonyl (C=O) groups is 2. The third-order valence-electron chi connectivity index (χ3n) is 2.33. The molecular formula is C13H13N5O2S. The molecule has 0 unspecified atom stereocenters. The Balaban J connectivity index is 1.92. The van der Waals surface area contributed by atoms with Crippen LogP contribution in [0, 0.1) is 0 Å². The maximum Gasteiger partial charge on any atom is 0.295 e. The van der Waals surface area contributed by atoms with Gasteiger partial charge >= 0.3 is 0 Å². The molecule has 2 N–H and O–H groups in total. The number of hydrogen-bond acceptors (Lipinski definition) is 6. The zero-order chi connectivity index (χ0) is 15.1. The highest BCUT2D eigenvalue weighted by atomic mass is 32.1. The lowest BCUT2D eigenvalue weighted by molar-refractivity contribution is -0.120. The van der Waals surface area contributed by atoms with Gasteiger partial charge in [0.2, 0.25) is 11.7 Å². The number of carbonyl (C=O) groups excluding carboxylic acids is 2. The molecule has 2 amide bonds. The van der Waals surface area contributed by atoms with Crippen molar-refractivity contribution in [2.75, 3.05) is 11.9 Å². The van der Waals surface area contributed by atoms with Crippen LogP contribution in [0.1, 0.15) is 16.3 Å². The first-order valence-corrected chi connectivity index (χ1v) is 6.97. The minimum atomic E-state index is -0.437. The first-order chi connectivity index (χ1) is 10.2. The van der Waals surface area contributed by atoms with E-state index in [4.69, 9.17) is 0 Å². The highest BCUT2D eigenvalue weighted by Gasteiger charge is 2.12. The van der Waals surface area contributed by atoms with E-state index in [-0.39, 0.29) is 18.2 Å². The van der Waals surface area contributed by atoms with Gasteiger partial charge < -0.3 is 5.32 Å². The lowest BCUT2D eigenvalue weighted by atomic mass is 10.3. The van der Waals surface area contributed by atoms with E-state index < -0.39 is 5.91 Å². The largest absolute Gasteiger partial charge is 0.352 e. The monoisotopic (exact) mass is 303 g/mol. The molecule has 0 aromatic carbocycles. The molecule has 0 bridgehead atoms. The topological polar surface area (TPSA) is 96.9 Å². The number of amides is 2. The molecule has 21 heavy (non-hydrogen) atoms. The Morgan fingerprint density at radius 2 is 2.10 bits per heavy atom. The molecule has 0 aliphatic rings. The smallest absolute Gasteiger partial charge is 0.295 e. The Morgan fingerprint density at radius 1 is 1.33 bits per heavy atom. The number of thiazole rings is 1. The summed E-state index contributed by atoms with van der Waals surface area (Å²) in [5.74, 6) is -0.518. The summed E-state index contributed by atoms with van der Waals surface area (Å²) in [6.07, 6.45) is 4.73. The summed E-state index contributed by atoms with van der Waals surface area (Å²) >= 11 is 1.24. The number of aromatic nitrogens is 3. The summed E-state index contributed by atoms with van der Waals surface area (Å²) in [7, 11) is 0. The Hall–Kier alpha value is -2.61. The zero-order valence-corrected chi connectivity index (χ0v) is 11.9. The van der Waals surface area contributed by atoms with Gasteiger partial charge in [-0.25, -0.2) is 15.0 Å². The van der Waals surface area contributed by atoms with Gasteiger partial charge in [0.25, 0.3) is 5.91 Å². The second-order valence-corrected chi connectivity index (χ2v) is 4.80. The summed E-state index contributed by atoms with van der Waals surface area (Å²) in [5.41, 5.74) is 0.589. The van der Waals surface area contributed by atoms with Gasteiger partial charge in [0.15, 0.2) is 5.13 Å². The molecule has 0 fully saturated rings. The van der Waals surface area contributed by atoms with Crippen molar-refractivity contribution in [1.29, 1.82) is 0 Å². The zero-order valence-electron chi connectivity index (χ0n) is 11.1. The van der Waals surface area contributed by atoms with Crippen LogP contribution in [-0.2, 0) is 11.2 Å². The Labute approximate surface area is 125 Å². The van der Waals surface area contributed by atoms with Crippen LogP contribution in [0.15, 0.2) is 36.5 Å². The minimum Gasteiger partial charge on any atom is -0.352 e. The van der Waals surface area contributed by atoms with Crippen LogP contribution in [0.2, 0.25) is 0 Å². The Kier molecular flexibility index (Phi) is 5.10. The van der Waals surface area contributed by atoms with E-state index in [1.54, 1.807) is 17.5 Å². The first-order valence-electron chi connectivity index (χ1n) is 6.09. The molecular weight excluding hydrogens is 290 g/mol. The summed E-state index contributed by atoms with van der Waals surface area (Å²) < 4.78 is 0. The van der Waals surface area contributed by atoms with E-state index >= 15 is 0 Å². The van der Waals surface area contributed by atoms with E-state index in [0.717, 1.165) is 0 Å². The van der Waals surface area contributed by atoms with Crippen LogP contribution in [0.4, 0.5) is 5.13 Å². The molecule has 0 aliphatic carbocycles. The molecule has 108 valence electrons. The van der Waals surface area contributed by atoms with Gasteiger partial charge in [-0.3, -0.25) is 14.9 Å². The van der Waals surface area contributed by atoms with Crippen molar-refractivity contribution in [3.8, 4) is 0 Å². The van der Waals surface area contributed by atoms with Crippen LogP contribution in [0.3, 0.4) is 0 Å². The molecule has 2 aromatic heterocycles. The van der Waals surface area contributed by atoms with Crippen LogP contribution in [0.25, 0.3) is 0 Å². The molecule has 7 nitrogen and oxygen atoms in total. The molecule has 2 rings (SSSR count). The lowest BCUT2D eigenvalue weighted by Crippen LogP contribution is -2.25. The van der Waals surface area contributed by atoms with Gasteiger partial charge in [0.1, 0.15) is 0 Å². The van der Waals surface area contributed by atoms with Crippen molar-refractivity contribution >= 4 is 28.3 Å². The molecule has 2 aromatic rings. The summed E-state index contributed by atoms with van der Waals surface area (Å²) in [4.78, 5) is 35.2. The maximum absolute atomic E-state index is 11.8. The van der Waals surface area contributed by atoms with E-state index in [0.29, 0.717) is 17.4 Å². The predicted molar refractivity (Wildman–Crippen MR) is 79.0 cm³/mol. The number of nitrogens with zero attached hydrogens (tertiary/aromatic N) is 3. The van der Waals surface area contributed by atoms with Crippen molar-refractivity contribution in [3.05, 3.63) is 48.0 Å². The van der Waals surface area contributed by atoms with Crippen molar-refractivity contribution < 1.29 is 9.59 Å². The predicted octanol–water partition coefficient (Wildman–Crippen LogP) is 1.03. The van der Waals surface area contributed by atoms with Gasteiger partial charge in [0.05, 0.1) is 12.1 Å². The number of nitrogens with one attached hydrogen (secondary N) is 2. The third-order valence-corrected chi connectivity index (χ3v) is 3.13. The fourth-order valence-corrected chi connectivity index (χ4v) is 2.13. The van der Waals surface area contributed by atoms with Crippen molar-refractivity contribution in [1.82, 2.24) is 20.3 Å². The van der Waals surface area contributed by atoms with Gasteiger partial charge in [0, 0.05) is 24.3 Å². The summed E-state index contributed by atoms with van der Waals surface area (Å²) in [6.45, 7) is 3.93. The quantitative estimate of drug-likeness (QED) is 0.777. The highest BCUT2D eigenvalue weighted by molar-refractivity contribution is 7.14. The van der Waals surface area contributed by atoms with Gasteiger partial charge in [-0.15, -0.1) is 17.9 Å². The molecule has 0 saturated heterocycles. The van der Waals surface area contributed by atoms with Crippen LogP contribution in [-0.4, -0.2) is 33.3 Å². The van der Waals surface area contributed by atoms with Crippen molar-refractivity contribution in [3.63, 3.8) is 0 Å². The van der Waals surface area contributed by atoms with Crippen molar-refractivity contribution in [2.24, 2.45) is 0 Å². The van der Waals surface area contributed by atoms with Crippen LogP contribution in [0.5, 0.6) is 0 Å². The molecule has 0 saturated carbocycles. The number of rotatable bonds is 6. The molecule has 0 spiro atoms. The first kappa shape index (κ1) is 14.8. The van der Waals surface area contributed by atoms with Crippen molar-refractivity contribution in [2.45, 2.75) is 6.42 Å². The molecule has 8 heteroatoms. The summed E-state index contributed by atoms with van der Waals surface area (Å²) in [6, 6.07) is 1.63.